The number of Topliss-reactive ketones (excluding diaryl/α,β-unsaturated/α-hetero) is 1. The van der Waals surface area contributed by atoms with Gasteiger partial charge < -0.3 is 14.6 Å². The zero-order valence-corrected chi connectivity index (χ0v) is 16.6. The van der Waals surface area contributed by atoms with Gasteiger partial charge in [-0.2, -0.15) is 0 Å². The maximum absolute atomic E-state index is 13.0. The normalized spacial score (nSPS) is 17.5. The van der Waals surface area contributed by atoms with Gasteiger partial charge in [0.15, 0.2) is 11.6 Å². The fraction of sp³-hybridized carbons (Fsp3) is 0.476. The highest BCUT2D eigenvalue weighted by Crippen LogP contribution is 2.23. The van der Waals surface area contributed by atoms with Gasteiger partial charge in [-0.3, -0.25) is 14.5 Å². The minimum Gasteiger partial charge on any atom is -0.491 e. The highest BCUT2D eigenvalue weighted by molar-refractivity contribution is 5.98. The number of nitrogens with zero attached hydrogens (tertiary/aromatic N) is 2. The highest BCUT2D eigenvalue weighted by atomic mass is 16.5. The Kier molecular flexibility index (Phi) is 6.46. The average Bonchev–Trinajstić information content (AvgIpc) is 3.05. The van der Waals surface area contributed by atoms with Gasteiger partial charge in [0.2, 0.25) is 5.91 Å². The SMILES string of the molecule is Cc1cc(NC(=O)CN2CCC[C@H](C(=O)c3cccc(OC(C)C)c3)C2)no1. The van der Waals surface area contributed by atoms with Crippen LogP contribution in [0.2, 0.25) is 0 Å². The minimum atomic E-state index is -0.159. The minimum absolute atomic E-state index is 0.0579. The van der Waals surface area contributed by atoms with Crippen LogP contribution in [0.1, 0.15) is 42.8 Å². The van der Waals surface area contributed by atoms with Crippen LogP contribution in [-0.2, 0) is 4.79 Å². The first kappa shape index (κ1) is 20.1. The zero-order valence-electron chi connectivity index (χ0n) is 16.6. The first-order valence-electron chi connectivity index (χ1n) is 9.67. The van der Waals surface area contributed by atoms with Crippen LogP contribution in [0, 0.1) is 12.8 Å². The number of hydrogen-bond acceptors (Lipinski definition) is 6. The van der Waals surface area contributed by atoms with Crippen molar-refractivity contribution in [3.63, 3.8) is 0 Å². The van der Waals surface area contributed by atoms with E-state index < -0.39 is 0 Å². The molecule has 1 amide bonds. The van der Waals surface area contributed by atoms with Gasteiger partial charge in [0.05, 0.1) is 12.6 Å². The molecule has 1 fully saturated rings. The topological polar surface area (TPSA) is 84.7 Å². The molecule has 1 aromatic carbocycles. The van der Waals surface area contributed by atoms with Crippen molar-refractivity contribution in [3.8, 4) is 5.75 Å². The van der Waals surface area contributed by atoms with E-state index in [2.05, 4.69) is 10.5 Å². The van der Waals surface area contributed by atoms with Crippen molar-refractivity contribution in [2.75, 3.05) is 25.0 Å². The summed E-state index contributed by atoms with van der Waals surface area (Å²) in [5.41, 5.74) is 0.660. The molecule has 1 N–H and O–H groups in total. The number of piperidine rings is 1. The summed E-state index contributed by atoms with van der Waals surface area (Å²) in [5.74, 6) is 1.58. The van der Waals surface area contributed by atoms with Gasteiger partial charge in [-0.05, 0) is 52.3 Å². The number of amides is 1. The molecule has 1 aromatic heterocycles. The number of nitrogens with one attached hydrogen (secondary N) is 1. The smallest absolute Gasteiger partial charge is 0.239 e. The fourth-order valence-electron chi connectivity index (χ4n) is 3.45. The number of ether oxygens (including phenoxy) is 1. The summed E-state index contributed by atoms with van der Waals surface area (Å²) >= 11 is 0. The Hall–Kier alpha value is -2.67. The molecule has 7 heteroatoms. The first-order valence-corrected chi connectivity index (χ1v) is 9.67. The van der Waals surface area contributed by atoms with Gasteiger partial charge in [0, 0.05) is 24.1 Å². The van der Waals surface area contributed by atoms with E-state index in [4.69, 9.17) is 9.26 Å². The number of carbonyl (C=O) groups excluding carboxylic acids is 2. The van der Waals surface area contributed by atoms with Crippen molar-refractivity contribution < 1.29 is 18.8 Å². The number of benzene rings is 1. The van der Waals surface area contributed by atoms with Crippen LogP contribution < -0.4 is 10.1 Å². The largest absolute Gasteiger partial charge is 0.491 e. The zero-order chi connectivity index (χ0) is 20.1. The number of aromatic nitrogens is 1. The lowest BCUT2D eigenvalue weighted by atomic mass is 9.90. The Morgan fingerprint density at radius 3 is 2.89 bits per heavy atom. The van der Waals surface area contributed by atoms with E-state index in [1.807, 2.05) is 36.9 Å². The third kappa shape index (κ3) is 5.42. The second kappa shape index (κ2) is 9.01. The van der Waals surface area contributed by atoms with Crippen LogP contribution in [0.4, 0.5) is 5.82 Å². The van der Waals surface area contributed by atoms with Crippen LogP contribution in [0.25, 0.3) is 0 Å². The molecule has 0 bridgehead atoms. The molecule has 150 valence electrons. The molecule has 0 aliphatic carbocycles. The van der Waals surface area contributed by atoms with Crippen molar-refractivity contribution in [1.29, 1.82) is 0 Å². The number of aryl methyl sites for hydroxylation is 1. The molecule has 0 saturated carbocycles. The number of anilines is 1. The van der Waals surface area contributed by atoms with Crippen molar-refractivity contribution in [2.45, 2.75) is 39.7 Å². The van der Waals surface area contributed by atoms with Gasteiger partial charge in [0.25, 0.3) is 0 Å². The van der Waals surface area contributed by atoms with E-state index >= 15 is 0 Å². The molecular weight excluding hydrogens is 358 g/mol. The highest BCUT2D eigenvalue weighted by Gasteiger charge is 2.28. The summed E-state index contributed by atoms with van der Waals surface area (Å²) < 4.78 is 10.6. The molecule has 1 atom stereocenters. The molecule has 28 heavy (non-hydrogen) atoms. The molecule has 1 aliphatic heterocycles. The predicted molar refractivity (Wildman–Crippen MR) is 106 cm³/mol. The van der Waals surface area contributed by atoms with Crippen LogP contribution in [0.3, 0.4) is 0 Å². The lowest BCUT2D eigenvalue weighted by molar-refractivity contribution is -0.117. The maximum atomic E-state index is 13.0. The molecule has 1 aliphatic rings. The second-order valence-electron chi connectivity index (χ2n) is 7.50. The number of likely N-dealkylation sites (tertiary alicyclic amines) is 1. The molecule has 7 nitrogen and oxygen atoms in total. The quantitative estimate of drug-likeness (QED) is 0.736. The summed E-state index contributed by atoms with van der Waals surface area (Å²) in [5, 5.41) is 6.49. The molecule has 3 rings (SSSR count). The van der Waals surface area contributed by atoms with Gasteiger partial charge in [-0.1, -0.05) is 17.3 Å². The van der Waals surface area contributed by atoms with Crippen molar-refractivity contribution in [1.82, 2.24) is 10.1 Å². The molecule has 1 saturated heterocycles. The van der Waals surface area contributed by atoms with Crippen molar-refractivity contribution in [2.24, 2.45) is 5.92 Å². The van der Waals surface area contributed by atoms with Crippen molar-refractivity contribution >= 4 is 17.5 Å². The fourth-order valence-corrected chi connectivity index (χ4v) is 3.45. The summed E-state index contributed by atoms with van der Waals surface area (Å²) in [4.78, 5) is 27.2. The monoisotopic (exact) mass is 385 g/mol. The average molecular weight is 385 g/mol. The first-order chi connectivity index (χ1) is 13.4. The van der Waals surface area contributed by atoms with Gasteiger partial charge in [0.1, 0.15) is 11.5 Å². The molecule has 0 spiro atoms. The standard InChI is InChI=1S/C21H27N3O4/c1-14(2)27-18-8-4-6-16(11-18)21(26)17-7-5-9-24(12-17)13-20(25)22-19-10-15(3)28-23-19/h4,6,8,10-11,14,17H,5,7,9,12-13H2,1-3H3,(H,22,23,25)/t17-/m0/s1. The molecule has 2 heterocycles. The van der Waals surface area contributed by atoms with Gasteiger partial charge >= 0.3 is 0 Å². The Balaban J connectivity index is 1.58. The summed E-state index contributed by atoms with van der Waals surface area (Å²) in [6.07, 6.45) is 1.77. The number of rotatable bonds is 7. The van der Waals surface area contributed by atoms with Crippen LogP contribution in [-0.4, -0.2) is 47.5 Å². The maximum Gasteiger partial charge on any atom is 0.239 e. The number of hydrogen-bond donors (Lipinski definition) is 1. The van der Waals surface area contributed by atoms with E-state index in [-0.39, 0.29) is 30.3 Å². The van der Waals surface area contributed by atoms with E-state index in [9.17, 15) is 9.59 Å². The Morgan fingerprint density at radius 1 is 1.36 bits per heavy atom. The molecule has 0 unspecified atom stereocenters. The second-order valence-corrected chi connectivity index (χ2v) is 7.50. The summed E-state index contributed by atoms with van der Waals surface area (Å²) in [7, 11) is 0. The van der Waals surface area contributed by atoms with E-state index in [0.29, 0.717) is 29.4 Å². The number of ketones is 1. The lowest BCUT2D eigenvalue weighted by Crippen LogP contribution is -2.42. The Bertz CT molecular complexity index is 831. The Morgan fingerprint density at radius 2 is 2.18 bits per heavy atom. The van der Waals surface area contributed by atoms with Crippen molar-refractivity contribution in [3.05, 3.63) is 41.7 Å². The van der Waals surface area contributed by atoms with Gasteiger partial charge in [-0.25, -0.2) is 0 Å². The number of carbonyl (C=O) groups is 2. The molecule has 2 aromatic rings. The molecule has 0 radical (unpaired) electrons. The summed E-state index contributed by atoms with van der Waals surface area (Å²) in [6.45, 7) is 7.28. The Labute approximate surface area is 165 Å². The van der Waals surface area contributed by atoms with E-state index in [1.165, 1.54) is 0 Å². The van der Waals surface area contributed by atoms with Crippen LogP contribution in [0.15, 0.2) is 34.9 Å². The summed E-state index contributed by atoms with van der Waals surface area (Å²) in [6, 6.07) is 9.01. The third-order valence-electron chi connectivity index (χ3n) is 4.63. The molecular formula is C21H27N3O4. The van der Waals surface area contributed by atoms with Gasteiger partial charge in [-0.15, -0.1) is 0 Å². The third-order valence-corrected chi connectivity index (χ3v) is 4.63. The van der Waals surface area contributed by atoms with E-state index in [1.54, 1.807) is 19.1 Å². The van der Waals surface area contributed by atoms with Crippen LogP contribution >= 0.6 is 0 Å². The predicted octanol–water partition coefficient (Wildman–Crippen LogP) is 3.30. The lowest BCUT2D eigenvalue weighted by Gasteiger charge is -2.31. The van der Waals surface area contributed by atoms with Crippen LogP contribution in [0.5, 0.6) is 5.75 Å². The van der Waals surface area contributed by atoms with E-state index in [0.717, 1.165) is 19.4 Å².